The summed E-state index contributed by atoms with van der Waals surface area (Å²) in [5.41, 5.74) is 6.27. The molecule has 0 unspecified atom stereocenters. The fraction of sp³-hybridized carbons (Fsp3) is 0.0400. The minimum atomic E-state index is -1.05. The van der Waals surface area contributed by atoms with Crippen LogP contribution >= 0.6 is 0 Å². The summed E-state index contributed by atoms with van der Waals surface area (Å²) >= 11 is 0. The third-order valence-corrected chi connectivity index (χ3v) is 5.34. The maximum Gasteiger partial charge on any atom is 0.340 e. The number of carbonyl (C=O) groups is 1. The number of hydrogen-bond donors (Lipinski definition) is 2. The number of benzene rings is 2. The molecule has 3 heterocycles. The molecule has 0 aliphatic carbocycles. The predicted molar refractivity (Wildman–Crippen MR) is 122 cm³/mol. The molecule has 6 nitrogen and oxygen atoms in total. The van der Waals surface area contributed by atoms with Gasteiger partial charge in [0.05, 0.1) is 24.1 Å². The highest BCUT2D eigenvalue weighted by Gasteiger charge is 2.22. The van der Waals surface area contributed by atoms with Gasteiger partial charge in [0.2, 0.25) is 0 Å². The Hall–Kier alpha value is -4.46. The highest BCUT2D eigenvalue weighted by molar-refractivity contribution is 6.00. The second-order valence-electron chi connectivity index (χ2n) is 7.32. The molecule has 0 fully saturated rings. The topological polar surface area (TPSA) is 71.9 Å². The lowest BCUT2D eigenvalue weighted by atomic mass is 10.1. The van der Waals surface area contributed by atoms with Gasteiger partial charge in [0.1, 0.15) is 0 Å². The summed E-state index contributed by atoms with van der Waals surface area (Å²) in [7, 11) is 1.24. The number of aromatic nitrogens is 3. The number of para-hydroxylation sites is 1. The molecule has 0 amide bonds. The summed E-state index contributed by atoms with van der Waals surface area (Å²) < 4.78 is 35.1. The molecule has 0 saturated heterocycles. The Morgan fingerprint density at radius 1 is 1.03 bits per heavy atom. The Bertz CT molecular complexity index is 1470. The van der Waals surface area contributed by atoms with E-state index in [1.54, 1.807) is 23.0 Å². The van der Waals surface area contributed by atoms with E-state index < -0.39 is 17.6 Å². The summed E-state index contributed by atoms with van der Waals surface area (Å²) in [6.45, 7) is 0. The van der Waals surface area contributed by atoms with Crippen molar-refractivity contribution in [2.45, 2.75) is 0 Å². The fourth-order valence-electron chi connectivity index (χ4n) is 3.79. The molecule has 2 N–H and O–H groups in total. The van der Waals surface area contributed by atoms with E-state index in [4.69, 9.17) is 4.74 Å². The van der Waals surface area contributed by atoms with Crippen LogP contribution in [0.4, 0.5) is 14.5 Å². The Labute approximate surface area is 187 Å². The second kappa shape index (κ2) is 8.23. The van der Waals surface area contributed by atoms with Gasteiger partial charge in [-0.1, -0.05) is 24.3 Å². The number of anilines is 1. The average molecular weight is 444 g/mol. The van der Waals surface area contributed by atoms with Crippen molar-refractivity contribution in [2.24, 2.45) is 0 Å². The van der Waals surface area contributed by atoms with E-state index in [0.29, 0.717) is 11.3 Å². The molecule has 8 heteroatoms. The standard InChI is InChI=1S/C25H18F2N4O2/c1-33-25(32)19-14-21(29-23(19)18-8-5-9-20(26)22(18)27)16-10-12-28-24-17(16)11-13-31(24)30-15-6-3-2-4-7-15/h2-14,29-30H,1H3. The Kier molecular flexibility index (Phi) is 5.10. The Morgan fingerprint density at radius 2 is 1.85 bits per heavy atom. The molecule has 0 saturated carbocycles. The highest BCUT2D eigenvalue weighted by atomic mass is 19.2. The molecule has 5 aromatic rings. The van der Waals surface area contributed by atoms with Gasteiger partial charge in [-0.2, -0.15) is 0 Å². The first kappa shape index (κ1) is 20.4. The molecule has 0 spiro atoms. The number of aromatic amines is 1. The number of rotatable bonds is 5. The third kappa shape index (κ3) is 3.61. The molecule has 33 heavy (non-hydrogen) atoms. The molecular weight excluding hydrogens is 426 g/mol. The van der Waals surface area contributed by atoms with Crippen LogP contribution < -0.4 is 5.43 Å². The van der Waals surface area contributed by atoms with Gasteiger partial charge in [-0.3, -0.25) is 5.43 Å². The molecule has 0 bridgehead atoms. The Morgan fingerprint density at radius 3 is 2.64 bits per heavy atom. The van der Waals surface area contributed by atoms with Crippen molar-refractivity contribution >= 4 is 22.7 Å². The van der Waals surface area contributed by atoms with Crippen molar-refractivity contribution in [1.29, 1.82) is 0 Å². The van der Waals surface area contributed by atoms with E-state index in [-0.39, 0.29) is 16.8 Å². The zero-order valence-corrected chi connectivity index (χ0v) is 17.5. The Balaban J connectivity index is 1.64. The van der Waals surface area contributed by atoms with Crippen LogP contribution in [0.25, 0.3) is 33.5 Å². The number of H-pyrrole nitrogens is 1. The first-order chi connectivity index (χ1) is 16.1. The van der Waals surface area contributed by atoms with Gasteiger partial charge in [0, 0.05) is 34.6 Å². The lowest BCUT2D eigenvalue weighted by Gasteiger charge is -2.09. The van der Waals surface area contributed by atoms with Crippen LogP contribution in [-0.4, -0.2) is 27.7 Å². The van der Waals surface area contributed by atoms with Gasteiger partial charge in [-0.25, -0.2) is 23.2 Å². The minimum Gasteiger partial charge on any atom is -0.465 e. The molecule has 0 aliphatic rings. The largest absolute Gasteiger partial charge is 0.465 e. The number of methoxy groups -OCH3 is 1. The van der Waals surface area contributed by atoms with Crippen molar-refractivity contribution in [1.82, 2.24) is 14.6 Å². The molecule has 5 rings (SSSR count). The monoisotopic (exact) mass is 444 g/mol. The highest BCUT2D eigenvalue weighted by Crippen LogP contribution is 2.34. The van der Waals surface area contributed by atoms with Crippen molar-refractivity contribution in [3.8, 4) is 22.5 Å². The second-order valence-corrected chi connectivity index (χ2v) is 7.32. The van der Waals surface area contributed by atoms with Gasteiger partial charge < -0.3 is 9.72 Å². The number of fused-ring (bicyclic) bond motifs is 1. The van der Waals surface area contributed by atoms with Crippen LogP contribution in [0.5, 0.6) is 0 Å². The molecule has 164 valence electrons. The maximum absolute atomic E-state index is 14.5. The van der Waals surface area contributed by atoms with E-state index in [2.05, 4.69) is 15.4 Å². The van der Waals surface area contributed by atoms with Crippen molar-refractivity contribution < 1.29 is 18.3 Å². The van der Waals surface area contributed by atoms with Crippen LogP contribution in [0.15, 0.2) is 79.1 Å². The maximum atomic E-state index is 14.5. The van der Waals surface area contributed by atoms with Gasteiger partial charge in [-0.05, 0) is 42.5 Å². The summed E-state index contributed by atoms with van der Waals surface area (Å²) in [6.07, 6.45) is 3.48. The van der Waals surface area contributed by atoms with Crippen molar-refractivity contribution in [3.05, 3.63) is 96.3 Å². The number of nitrogens with one attached hydrogen (secondary N) is 2. The van der Waals surface area contributed by atoms with E-state index >= 15 is 0 Å². The quantitative estimate of drug-likeness (QED) is 0.344. The van der Waals surface area contributed by atoms with Gasteiger partial charge in [0.25, 0.3) is 0 Å². The zero-order chi connectivity index (χ0) is 22.9. The van der Waals surface area contributed by atoms with Crippen LogP contribution in [0.3, 0.4) is 0 Å². The number of nitrogens with zero attached hydrogens (tertiary/aromatic N) is 2. The average Bonchev–Trinajstić information content (AvgIpc) is 3.46. The summed E-state index contributed by atoms with van der Waals surface area (Å²) in [4.78, 5) is 20.0. The van der Waals surface area contributed by atoms with Gasteiger partial charge in [-0.15, -0.1) is 0 Å². The number of carbonyl (C=O) groups excluding carboxylic acids is 1. The number of halogens is 2. The first-order valence-corrected chi connectivity index (χ1v) is 10.1. The molecule has 0 atom stereocenters. The number of ether oxygens (including phenoxy) is 1. The number of hydrogen-bond acceptors (Lipinski definition) is 4. The van der Waals surface area contributed by atoms with Crippen molar-refractivity contribution in [3.63, 3.8) is 0 Å². The summed E-state index contributed by atoms with van der Waals surface area (Å²) in [5.74, 6) is -2.71. The number of pyridine rings is 1. The zero-order valence-electron chi connectivity index (χ0n) is 17.5. The predicted octanol–water partition coefficient (Wildman–Crippen LogP) is 5.64. The lowest BCUT2D eigenvalue weighted by molar-refractivity contribution is 0.0602. The third-order valence-electron chi connectivity index (χ3n) is 5.34. The van der Waals surface area contributed by atoms with Crippen LogP contribution in [-0.2, 0) is 4.74 Å². The first-order valence-electron chi connectivity index (χ1n) is 10.1. The van der Waals surface area contributed by atoms with Crippen LogP contribution in [0.2, 0.25) is 0 Å². The molecule has 3 aromatic heterocycles. The molecular formula is C25H18F2N4O2. The smallest absolute Gasteiger partial charge is 0.340 e. The van der Waals surface area contributed by atoms with Crippen molar-refractivity contribution in [2.75, 3.05) is 12.5 Å². The molecule has 0 radical (unpaired) electrons. The normalized spacial score (nSPS) is 11.0. The molecule has 2 aromatic carbocycles. The fourth-order valence-corrected chi connectivity index (χ4v) is 3.79. The van der Waals surface area contributed by atoms with Crippen LogP contribution in [0.1, 0.15) is 10.4 Å². The van der Waals surface area contributed by atoms with E-state index in [1.165, 1.54) is 19.2 Å². The minimum absolute atomic E-state index is 0.0599. The van der Waals surface area contributed by atoms with E-state index in [0.717, 1.165) is 22.7 Å². The van der Waals surface area contributed by atoms with E-state index in [1.807, 2.05) is 42.6 Å². The lowest BCUT2D eigenvalue weighted by Crippen LogP contribution is -2.07. The van der Waals surface area contributed by atoms with Gasteiger partial charge >= 0.3 is 5.97 Å². The van der Waals surface area contributed by atoms with Gasteiger partial charge in [0.15, 0.2) is 17.3 Å². The van der Waals surface area contributed by atoms with E-state index in [9.17, 15) is 13.6 Å². The summed E-state index contributed by atoms with van der Waals surface area (Å²) in [5, 5.41) is 0.796. The SMILES string of the molecule is COC(=O)c1cc(-c2ccnc3c2ccn3Nc2ccccc2)[nH]c1-c1cccc(F)c1F. The summed E-state index contributed by atoms with van der Waals surface area (Å²) in [6, 6.07) is 18.7. The number of esters is 1. The molecule has 0 aliphatic heterocycles. The van der Waals surface area contributed by atoms with Crippen LogP contribution in [0, 0.1) is 11.6 Å².